The van der Waals surface area contributed by atoms with Crippen LogP contribution in [0, 0.1) is 11.6 Å². The second kappa shape index (κ2) is 6.58. The van der Waals surface area contributed by atoms with Crippen LogP contribution in [0.4, 0.5) is 8.78 Å². The summed E-state index contributed by atoms with van der Waals surface area (Å²) < 4.78 is 32.5. The first-order valence-electron chi connectivity index (χ1n) is 6.51. The molecule has 2 aromatic rings. The van der Waals surface area contributed by atoms with Gasteiger partial charge in [0.25, 0.3) is 0 Å². The summed E-state index contributed by atoms with van der Waals surface area (Å²) in [6.07, 6.45) is 3.11. The molecule has 0 aliphatic rings. The van der Waals surface area contributed by atoms with Crippen LogP contribution in [0.15, 0.2) is 30.7 Å². The Hall–Kier alpha value is -2.08. The van der Waals surface area contributed by atoms with Crippen LogP contribution in [0.3, 0.4) is 0 Å². The lowest BCUT2D eigenvalue weighted by Gasteiger charge is -2.25. The molecule has 112 valence electrons. The first-order valence-corrected chi connectivity index (χ1v) is 6.51. The molecule has 0 saturated heterocycles. The van der Waals surface area contributed by atoms with Crippen LogP contribution >= 0.6 is 0 Å². The van der Waals surface area contributed by atoms with E-state index >= 15 is 0 Å². The fraction of sp³-hybridized carbons (Fsp3) is 0.333. The highest BCUT2D eigenvalue weighted by molar-refractivity contribution is 5.35. The lowest BCUT2D eigenvalue weighted by molar-refractivity contribution is 0.239. The number of nitrogens with zero attached hydrogens (tertiary/aromatic N) is 3. The number of rotatable bonds is 5. The van der Waals surface area contributed by atoms with Crippen molar-refractivity contribution in [1.82, 2.24) is 14.9 Å². The van der Waals surface area contributed by atoms with Crippen molar-refractivity contribution in [2.75, 3.05) is 14.2 Å². The summed E-state index contributed by atoms with van der Waals surface area (Å²) in [5, 5.41) is 0. The number of halogens is 2. The van der Waals surface area contributed by atoms with Crippen molar-refractivity contribution in [3.63, 3.8) is 0 Å². The Bertz CT molecular complexity index is 607. The van der Waals surface area contributed by atoms with Gasteiger partial charge in [0.2, 0.25) is 0 Å². The predicted octanol–water partition coefficient (Wildman–Crippen LogP) is 2.96. The highest BCUT2D eigenvalue weighted by Crippen LogP contribution is 2.27. The molecule has 6 heteroatoms. The van der Waals surface area contributed by atoms with Gasteiger partial charge < -0.3 is 4.74 Å². The molecule has 0 spiro atoms. The minimum absolute atomic E-state index is 0.0691. The largest absolute Gasteiger partial charge is 0.496 e. The van der Waals surface area contributed by atoms with Gasteiger partial charge in [-0.15, -0.1) is 0 Å². The van der Waals surface area contributed by atoms with Gasteiger partial charge in [0.1, 0.15) is 12.1 Å². The van der Waals surface area contributed by atoms with E-state index in [2.05, 4.69) is 9.97 Å². The predicted molar refractivity (Wildman–Crippen MR) is 74.8 cm³/mol. The Morgan fingerprint density at radius 2 is 2.05 bits per heavy atom. The fourth-order valence-electron chi connectivity index (χ4n) is 2.07. The van der Waals surface area contributed by atoms with Crippen LogP contribution in [0.25, 0.3) is 0 Å². The molecule has 1 atom stereocenters. The Kier molecular flexibility index (Phi) is 4.80. The molecule has 0 N–H and O–H groups in total. The van der Waals surface area contributed by atoms with E-state index in [1.165, 1.54) is 19.5 Å². The molecule has 1 aromatic heterocycles. The molecule has 1 aromatic carbocycles. The van der Waals surface area contributed by atoms with Crippen LogP contribution in [0.2, 0.25) is 0 Å². The zero-order valence-electron chi connectivity index (χ0n) is 12.2. The van der Waals surface area contributed by atoms with Crippen LogP contribution < -0.4 is 4.74 Å². The minimum Gasteiger partial charge on any atom is -0.496 e. The number of aromatic nitrogens is 2. The smallest absolute Gasteiger partial charge is 0.167 e. The zero-order valence-corrected chi connectivity index (χ0v) is 12.2. The molecule has 0 aliphatic carbocycles. The summed E-state index contributed by atoms with van der Waals surface area (Å²) in [6, 6.07) is 4.21. The van der Waals surface area contributed by atoms with Crippen molar-refractivity contribution in [3.05, 3.63) is 53.6 Å². The van der Waals surface area contributed by atoms with Crippen LogP contribution in [-0.4, -0.2) is 29.0 Å². The highest BCUT2D eigenvalue weighted by atomic mass is 19.2. The number of hydrogen-bond acceptors (Lipinski definition) is 4. The minimum atomic E-state index is -0.881. The topological polar surface area (TPSA) is 38.2 Å². The number of hydrogen-bond donors (Lipinski definition) is 0. The molecule has 0 unspecified atom stereocenters. The Balaban J connectivity index is 2.23. The van der Waals surface area contributed by atoms with E-state index < -0.39 is 11.6 Å². The number of methoxy groups -OCH3 is 1. The first-order chi connectivity index (χ1) is 10.0. The molecule has 0 saturated carbocycles. The molecule has 1 heterocycles. The van der Waals surface area contributed by atoms with E-state index in [1.54, 1.807) is 12.3 Å². The molecule has 4 nitrogen and oxygen atoms in total. The average Bonchev–Trinajstić information content (AvgIpc) is 2.52. The van der Waals surface area contributed by atoms with Crippen LogP contribution in [0.5, 0.6) is 5.75 Å². The molecule has 0 radical (unpaired) electrons. The van der Waals surface area contributed by atoms with Gasteiger partial charge in [0, 0.05) is 24.3 Å². The van der Waals surface area contributed by atoms with Crippen molar-refractivity contribution >= 4 is 0 Å². The van der Waals surface area contributed by atoms with E-state index in [1.807, 2.05) is 18.9 Å². The fourth-order valence-corrected chi connectivity index (χ4v) is 2.07. The van der Waals surface area contributed by atoms with E-state index in [4.69, 9.17) is 4.74 Å². The third-order valence-electron chi connectivity index (χ3n) is 3.47. The van der Waals surface area contributed by atoms with E-state index in [-0.39, 0.29) is 18.2 Å². The van der Waals surface area contributed by atoms with E-state index in [0.717, 1.165) is 11.8 Å². The Morgan fingerprint density at radius 3 is 2.67 bits per heavy atom. The van der Waals surface area contributed by atoms with Crippen molar-refractivity contribution in [3.8, 4) is 5.75 Å². The number of ether oxygens (including phenoxy) is 1. The molecule has 21 heavy (non-hydrogen) atoms. The first kappa shape index (κ1) is 15.3. The second-order valence-corrected chi connectivity index (χ2v) is 4.77. The summed E-state index contributed by atoms with van der Waals surface area (Å²) in [7, 11) is 3.25. The van der Waals surface area contributed by atoms with E-state index in [0.29, 0.717) is 5.75 Å². The normalized spacial score (nSPS) is 12.5. The maximum Gasteiger partial charge on any atom is 0.167 e. The molecule has 2 rings (SSSR count). The zero-order chi connectivity index (χ0) is 15.4. The quantitative estimate of drug-likeness (QED) is 0.849. The van der Waals surface area contributed by atoms with Gasteiger partial charge >= 0.3 is 0 Å². The summed E-state index contributed by atoms with van der Waals surface area (Å²) in [5.41, 5.74) is 1.00. The van der Waals surface area contributed by atoms with Gasteiger partial charge in [-0.3, -0.25) is 4.90 Å². The molecule has 0 fully saturated rings. The van der Waals surface area contributed by atoms with Gasteiger partial charge in [-0.2, -0.15) is 0 Å². The van der Waals surface area contributed by atoms with Crippen LogP contribution in [0.1, 0.15) is 24.2 Å². The van der Waals surface area contributed by atoms with Gasteiger partial charge in [-0.25, -0.2) is 18.7 Å². The van der Waals surface area contributed by atoms with Gasteiger partial charge in [0.15, 0.2) is 11.6 Å². The standard InChI is InChI=1S/C15H17F2N3O/c1-10(13-6-7-18-9-19-13)20(2)8-11-14(21-3)5-4-12(16)15(11)17/h4-7,9-10H,8H2,1-3H3/t10-/m1/s1. The summed E-state index contributed by atoms with van der Waals surface area (Å²) in [5.74, 6) is -1.43. The third kappa shape index (κ3) is 3.33. The summed E-state index contributed by atoms with van der Waals surface area (Å²) in [4.78, 5) is 9.90. The SMILES string of the molecule is COc1ccc(F)c(F)c1CN(C)[C@H](C)c1ccncn1. The lowest BCUT2D eigenvalue weighted by atomic mass is 10.1. The third-order valence-corrected chi connectivity index (χ3v) is 3.47. The molecule has 0 aliphatic heterocycles. The van der Waals surface area contributed by atoms with Crippen molar-refractivity contribution in [1.29, 1.82) is 0 Å². The monoisotopic (exact) mass is 293 g/mol. The molecule has 0 amide bonds. The summed E-state index contributed by atoms with van der Waals surface area (Å²) >= 11 is 0. The highest BCUT2D eigenvalue weighted by Gasteiger charge is 2.19. The number of benzene rings is 1. The van der Waals surface area contributed by atoms with Crippen molar-refractivity contribution in [2.45, 2.75) is 19.5 Å². The second-order valence-electron chi connectivity index (χ2n) is 4.77. The Morgan fingerprint density at radius 1 is 1.29 bits per heavy atom. The Labute approximate surface area is 122 Å². The van der Waals surface area contributed by atoms with E-state index in [9.17, 15) is 8.78 Å². The van der Waals surface area contributed by atoms with Crippen molar-refractivity contribution in [2.24, 2.45) is 0 Å². The van der Waals surface area contributed by atoms with Gasteiger partial charge in [-0.05, 0) is 32.2 Å². The lowest BCUT2D eigenvalue weighted by Crippen LogP contribution is -2.23. The van der Waals surface area contributed by atoms with Gasteiger partial charge in [0.05, 0.1) is 12.8 Å². The molecule has 0 bridgehead atoms. The summed E-state index contributed by atoms with van der Waals surface area (Å²) in [6.45, 7) is 2.14. The maximum absolute atomic E-state index is 14.0. The maximum atomic E-state index is 14.0. The molecular formula is C15H17F2N3O. The average molecular weight is 293 g/mol. The van der Waals surface area contributed by atoms with Gasteiger partial charge in [-0.1, -0.05) is 0 Å². The molecular weight excluding hydrogens is 276 g/mol. The van der Waals surface area contributed by atoms with Crippen LogP contribution in [-0.2, 0) is 6.54 Å². The van der Waals surface area contributed by atoms with Crippen molar-refractivity contribution < 1.29 is 13.5 Å².